The third-order valence-electron chi connectivity index (χ3n) is 3.76. The van der Waals surface area contributed by atoms with Crippen LogP contribution in [0.2, 0.25) is 5.02 Å². The van der Waals surface area contributed by atoms with E-state index < -0.39 is 24.0 Å². The molecule has 0 saturated heterocycles. The quantitative estimate of drug-likeness (QED) is 0.688. The van der Waals surface area contributed by atoms with Crippen LogP contribution in [-0.4, -0.2) is 24.0 Å². The topological polar surface area (TPSA) is 108 Å². The lowest BCUT2D eigenvalue weighted by molar-refractivity contribution is -0.130. The second-order valence-electron chi connectivity index (χ2n) is 6.33. The molecule has 3 amide bonds. The number of amides is 3. The molecule has 0 bridgehead atoms. The number of halogens is 1. The summed E-state index contributed by atoms with van der Waals surface area (Å²) in [5.74, 6) is -1.59. The van der Waals surface area contributed by atoms with Gasteiger partial charge in [0.15, 0.2) is 6.10 Å². The number of para-hydroxylation sites is 1. The summed E-state index contributed by atoms with van der Waals surface area (Å²) < 4.78 is 11.0. The smallest absolute Gasteiger partial charge is 0.342 e. The van der Waals surface area contributed by atoms with Crippen LogP contribution in [0.5, 0.6) is 5.75 Å². The summed E-state index contributed by atoms with van der Waals surface area (Å²) in [6.07, 6.45) is -1.18. The van der Waals surface area contributed by atoms with E-state index in [-0.39, 0.29) is 18.1 Å². The number of hydrogen-bond donors (Lipinski definition) is 2. The summed E-state index contributed by atoms with van der Waals surface area (Å²) in [5, 5.41) is 2.54. The first kappa shape index (κ1) is 21.2. The van der Waals surface area contributed by atoms with Crippen molar-refractivity contribution in [3.8, 4) is 5.75 Å². The van der Waals surface area contributed by atoms with Crippen LogP contribution in [0.25, 0.3) is 0 Å². The van der Waals surface area contributed by atoms with Gasteiger partial charge >= 0.3 is 12.0 Å². The fourth-order valence-electron chi connectivity index (χ4n) is 2.37. The van der Waals surface area contributed by atoms with Crippen molar-refractivity contribution in [2.75, 3.05) is 0 Å². The first-order chi connectivity index (χ1) is 13.3. The van der Waals surface area contributed by atoms with Gasteiger partial charge in [0.25, 0.3) is 5.91 Å². The van der Waals surface area contributed by atoms with E-state index in [0.717, 1.165) is 5.56 Å². The van der Waals surface area contributed by atoms with Gasteiger partial charge in [-0.1, -0.05) is 49.7 Å². The molecule has 0 radical (unpaired) electrons. The number of ether oxygens (including phenoxy) is 2. The van der Waals surface area contributed by atoms with Gasteiger partial charge in [0.05, 0.1) is 0 Å². The summed E-state index contributed by atoms with van der Waals surface area (Å²) >= 11 is 5.86. The predicted octanol–water partition coefficient (Wildman–Crippen LogP) is 3.30. The molecule has 0 saturated carbocycles. The lowest BCUT2D eigenvalue weighted by atomic mass is 10.1. The number of urea groups is 1. The van der Waals surface area contributed by atoms with E-state index >= 15 is 0 Å². The zero-order valence-corrected chi connectivity index (χ0v) is 16.2. The Morgan fingerprint density at radius 1 is 1.07 bits per heavy atom. The highest BCUT2D eigenvalue weighted by atomic mass is 35.5. The molecule has 0 heterocycles. The van der Waals surface area contributed by atoms with Gasteiger partial charge in [-0.15, -0.1) is 0 Å². The normalized spacial score (nSPS) is 11.6. The Balaban J connectivity index is 2.13. The molecule has 2 rings (SSSR count). The molecule has 7 nitrogen and oxygen atoms in total. The maximum absolute atomic E-state index is 12.6. The number of nitrogens with one attached hydrogen (secondary N) is 1. The third-order valence-corrected chi connectivity index (χ3v) is 4.01. The number of carbonyl (C=O) groups is 3. The van der Waals surface area contributed by atoms with Crippen molar-refractivity contribution >= 4 is 29.5 Å². The highest BCUT2D eigenvalue weighted by Gasteiger charge is 2.28. The number of hydrogen-bond acceptors (Lipinski definition) is 5. The van der Waals surface area contributed by atoms with Crippen LogP contribution in [0.15, 0.2) is 48.5 Å². The van der Waals surface area contributed by atoms with Crippen LogP contribution in [0.4, 0.5) is 4.79 Å². The zero-order valence-electron chi connectivity index (χ0n) is 15.5. The van der Waals surface area contributed by atoms with Crippen molar-refractivity contribution in [1.82, 2.24) is 5.32 Å². The number of carbonyl (C=O) groups excluding carboxylic acids is 3. The summed E-state index contributed by atoms with van der Waals surface area (Å²) in [6, 6.07) is 12.6. The van der Waals surface area contributed by atoms with Gasteiger partial charge in [-0.25, -0.2) is 9.59 Å². The highest BCUT2D eigenvalue weighted by molar-refractivity contribution is 6.30. The molecular formula is C20H21ClN2O5. The molecule has 0 unspecified atom stereocenters. The van der Waals surface area contributed by atoms with E-state index in [1.165, 1.54) is 6.07 Å². The minimum absolute atomic E-state index is 0.161. The van der Waals surface area contributed by atoms with Crippen LogP contribution in [-0.2, 0) is 16.1 Å². The van der Waals surface area contributed by atoms with Gasteiger partial charge in [0, 0.05) is 5.02 Å². The van der Waals surface area contributed by atoms with Gasteiger partial charge in [-0.2, -0.15) is 0 Å². The molecule has 2 aromatic rings. The molecule has 0 aromatic heterocycles. The average molecular weight is 405 g/mol. The van der Waals surface area contributed by atoms with E-state index in [2.05, 4.69) is 0 Å². The molecular weight excluding hydrogens is 384 g/mol. The molecule has 0 fully saturated rings. The van der Waals surface area contributed by atoms with Crippen molar-refractivity contribution in [1.29, 1.82) is 0 Å². The molecule has 3 N–H and O–H groups in total. The first-order valence-electron chi connectivity index (χ1n) is 8.55. The molecule has 2 aromatic carbocycles. The number of benzene rings is 2. The van der Waals surface area contributed by atoms with Crippen molar-refractivity contribution in [2.24, 2.45) is 11.7 Å². The number of esters is 1. The van der Waals surface area contributed by atoms with Gasteiger partial charge in [-0.3, -0.25) is 10.1 Å². The fourth-order valence-corrected chi connectivity index (χ4v) is 2.49. The summed E-state index contributed by atoms with van der Waals surface area (Å²) in [4.78, 5) is 35.6. The predicted molar refractivity (Wildman–Crippen MR) is 104 cm³/mol. The highest BCUT2D eigenvalue weighted by Crippen LogP contribution is 2.22. The average Bonchev–Trinajstić information content (AvgIpc) is 2.64. The standard InChI is InChI=1S/C20H21ClN2O5/c1-12(2)17(18(24)23-20(22)26)28-19(25)15-5-3-4-6-16(15)27-11-13-7-9-14(21)10-8-13/h3-10,12,17H,11H2,1-2H3,(H3,22,23,24,26)/t17-/m1/s1. The minimum Gasteiger partial charge on any atom is -0.488 e. The Morgan fingerprint density at radius 3 is 2.32 bits per heavy atom. The number of imide groups is 1. The van der Waals surface area contributed by atoms with E-state index in [0.29, 0.717) is 10.8 Å². The molecule has 0 aliphatic heterocycles. The van der Waals surface area contributed by atoms with E-state index in [9.17, 15) is 14.4 Å². The SMILES string of the molecule is CC(C)[C@@H](OC(=O)c1ccccc1OCc1ccc(Cl)cc1)C(=O)NC(N)=O. The zero-order chi connectivity index (χ0) is 20.7. The monoisotopic (exact) mass is 404 g/mol. The number of nitrogens with two attached hydrogens (primary N) is 1. The van der Waals surface area contributed by atoms with Crippen LogP contribution in [0.3, 0.4) is 0 Å². The molecule has 28 heavy (non-hydrogen) atoms. The number of primary amides is 1. The molecule has 0 aliphatic carbocycles. The Labute approximate surface area is 167 Å². The van der Waals surface area contributed by atoms with Crippen molar-refractivity contribution < 1.29 is 23.9 Å². The maximum atomic E-state index is 12.6. The lowest BCUT2D eigenvalue weighted by Gasteiger charge is -2.20. The van der Waals surface area contributed by atoms with Crippen LogP contribution >= 0.6 is 11.6 Å². The summed E-state index contributed by atoms with van der Waals surface area (Å²) in [7, 11) is 0. The van der Waals surface area contributed by atoms with Gasteiger partial charge < -0.3 is 15.2 Å². The second-order valence-corrected chi connectivity index (χ2v) is 6.77. The molecule has 1 atom stereocenters. The van der Waals surface area contributed by atoms with Crippen molar-refractivity contribution in [2.45, 2.75) is 26.6 Å². The molecule has 0 aliphatic rings. The van der Waals surface area contributed by atoms with Gasteiger partial charge in [-0.05, 0) is 35.7 Å². The van der Waals surface area contributed by atoms with E-state index in [4.69, 9.17) is 26.8 Å². The summed E-state index contributed by atoms with van der Waals surface area (Å²) in [6.45, 7) is 3.58. The van der Waals surface area contributed by atoms with Crippen LogP contribution in [0.1, 0.15) is 29.8 Å². The van der Waals surface area contributed by atoms with Crippen LogP contribution < -0.4 is 15.8 Å². The Kier molecular flexibility index (Phi) is 7.40. The largest absolute Gasteiger partial charge is 0.488 e. The van der Waals surface area contributed by atoms with Crippen molar-refractivity contribution in [3.63, 3.8) is 0 Å². The minimum atomic E-state index is -1.18. The second kappa shape index (κ2) is 9.75. The van der Waals surface area contributed by atoms with Gasteiger partial charge in [0.2, 0.25) is 0 Å². The van der Waals surface area contributed by atoms with E-state index in [1.54, 1.807) is 44.2 Å². The lowest BCUT2D eigenvalue weighted by Crippen LogP contribution is -2.45. The summed E-state index contributed by atoms with van der Waals surface area (Å²) in [5.41, 5.74) is 5.99. The Hall–Kier alpha value is -3.06. The van der Waals surface area contributed by atoms with E-state index in [1.807, 2.05) is 17.4 Å². The number of rotatable bonds is 7. The fraction of sp³-hybridized carbons (Fsp3) is 0.250. The Bertz CT molecular complexity index is 852. The maximum Gasteiger partial charge on any atom is 0.342 e. The molecule has 0 spiro atoms. The molecule has 8 heteroatoms. The molecule has 148 valence electrons. The van der Waals surface area contributed by atoms with Crippen molar-refractivity contribution in [3.05, 3.63) is 64.7 Å². The Morgan fingerprint density at radius 2 is 1.71 bits per heavy atom. The van der Waals surface area contributed by atoms with Crippen LogP contribution in [0, 0.1) is 5.92 Å². The first-order valence-corrected chi connectivity index (χ1v) is 8.93. The van der Waals surface area contributed by atoms with Gasteiger partial charge in [0.1, 0.15) is 17.9 Å². The third kappa shape index (κ3) is 5.99.